The lowest BCUT2D eigenvalue weighted by molar-refractivity contribution is 1.09. The monoisotopic (exact) mass is 339 g/mol. The van der Waals surface area contributed by atoms with Crippen LogP contribution in [0.2, 0.25) is 5.02 Å². The summed E-state index contributed by atoms with van der Waals surface area (Å²) in [6.07, 6.45) is 3.52. The lowest BCUT2D eigenvalue weighted by Crippen LogP contribution is -2.05. The Morgan fingerprint density at radius 3 is 2.71 bits per heavy atom. The maximum Gasteiger partial charge on any atom is 0.225 e. The Hall–Kier alpha value is -2.66. The van der Waals surface area contributed by atoms with Crippen LogP contribution in [0.4, 0.5) is 17.5 Å². The fourth-order valence-corrected chi connectivity index (χ4v) is 2.55. The lowest BCUT2D eigenvalue weighted by Gasteiger charge is -2.12. The van der Waals surface area contributed by atoms with Gasteiger partial charge in [0.15, 0.2) is 0 Å². The molecule has 5 nitrogen and oxygen atoms in total. The van der Waals surface area contributed by atoms with E-state index in [-0.39, 0.29) is 0 Å². The Bertz CT molecular complexity index is 836. The van der Waals surface area contributed by atoms with Crippen molar-refractivity contribution in [3.8, 4) is 11.3 Å². The van der Waals surface area contributed by atoms with Gasteiger partial charge in [0.05, 0.1) is 16.4 Å². The van der Waals surface area contributed by atoms with E-state index in [0.717, 1.165) is 29.1 Å². The number of halogens is 1. The van der Waals surface area contributed by atoms with Crippen LogP contribution in [0.3, 0.4) is 0 Å². The van der Waals surface area contributed by atoms with Crippen LogP contribution in [0.25, 0.3) is 11.3 Å². The van der Waals surface area contributed by atoms with E-state index >= 15 is 0 Å². The third kappa shape index (κ3) is 3.81. The smallest absolute Gasteiger partial charge is 0.225 e. The molecule has 0 aliphatic carbocycles. The van der Waals surface area contributed by atoms with Gasteiger partial charge in [0.2, 0.25) is 5.95 Å². The quantitative estimate of drug-likeness (QED) is 0.707. The summed E-state index contributed by atoms with van der Waals surface area (Å²) in [6.45, 7) is 4.75. The van der Waals surface area contributed by atoms with Crippen LogP contribution in [0, 0.1) is 6.92 Å². The van der Waals surface area contributed by atoms with Gasteiger partial charge in [0, 0.05) is 30.6 Å². The first kappa shape index (κ1) is 16.2. The highest BCUT2D eigenvalue weighted by Crippen LogP contribution is 2.28. The Balaban J connectivity index is 1.99. The predicted molar refractivity (Wildman–Crippen MR) is 98.9 cm³/mol. The van der Waals surface area contributed by atoms with E-state index in [2.05, 4.69) is 25.6 Å². The fourth-order valence-electron chi connectivity index (χ4n) is 2.27. The number of anilines is 3. The summed E-state index contributed by atoms with van der Waals surface area (Å²) in [5, 5.41) is 7.07. The number of nitrogens with one attached hydrogen (secondary N) is 2. The molecule has 0 atom stereocenters. The molecule has 0 radical (unpaired) electrons. The van der Waals surface area contributed by atoms with E-state index in [1.165, 1.54) is 0 Å². The van der Waals surface area contributed by atoms with E-state index in [4.69, 9.17) is 11.6 Å². The molecule has 0 aliphatic rings. The molecular formula is C18H18ClN5. The standard InChI is InChI=1S/C18H18ClN5/c1-3-21-18-23-16(13-5-4-8-20-11-13)10-17(24-18)22-15-7-6-12(2)9-14(15)19/h4-11H,3H2,1-2H3,(H2,21,22,23,24). The van der Waals surface area contributed by atoms with Gasteiger partial charge in [-0.25, -0.2) is 4.98 Å². The molecule has 0 amide bonds. The van der Waals surface area contributed by atoms with Gasteiger partial charge < -0.3 is 10.6 Å². The minimum atomic E-state index is 0.560. The van der Waals surface area contributed by atoms with Crippen molar-refractivity contribution in [2.45, 2.75) is 13.8 Å². The maximum atomic E-state index is 6.31. The zero-order valence-electron chi connectivity index (χ0n) is 13.5. The molecular weight excluding hydrogens is 322 g/mol. The van der Waals surface area contributed by atoms with E-state index in [1.54, 1.807) is 12.4 Å². The largest absolute Gasteiger partial charge is 0.354 e. The SMILES string of the molecule is CCNc1nc(Nc2ccc(C)cc2Cl)cc(-c2cccnc2)n1. The number of hydrogen-bond donors (Lipinski definition) is 2. The molecule has 1 aromatic carbocycles. The topological polar surface area (TPSA) is 62.7 Å². The molecule has 122 valence electrons. The van der Waals surface area contributed by atoms with Gasteiger partial charge >= 0.3 is 0 Å². The van der Waals surface area contributed by atoms with Crippen LogP contribution < -0.4 is 10.6 Å². The third-order valence-electron chi connectivity index (χ3n) is 3.41. The number of aromatic nitrogens is 3. The molecule has 2 aromatic heterocycles. The maximum absolute atomic E-state index is 6.31. The molecule has 0 saturated carbocycles. The first-order valence-electron chi connectivity index (χ1n) is 7.72. The lowest BCUT2D eigenvalue weighted by atomic mass is 10.2. The van der Waals surface area contributed by atoms with Crippen LogP contribution >= 0.6 is 11.6 Å². The highest BCUT2D eigenvalue weighted by Gasteiger charge is 2.08. The highest BCUT2D eigenvalue weighted by molar-refractivity contribution is 6.33. The van der Waals surface area contributed by atoms with E-state index in [0.29, 0.717) is 16.8 Å². The second-order valence-corrected chi connectivity index (χ2v) is 5.75. The van der Waals surface area contributed by atoms with Crippen LogP contribution in [-0.2, 0) is 0 Å². The third-order valence-corrected chi connectivity index (χ3v) is 3.72. The molecule has 6 heteroatoms. The summed E-state index contributed by atoms with van der Waals surface area (Å²) in [6, 6.07) is 11.6. The van der Waals surface area contributed by atoms with Crippen LogP contribution in [0.1, 0.15) is 12.5 Å². The molecule has 0 saturated heterocycles. The molecule has 24 heavy (non-hydrogen) atoms. The number of aryl methyl sites for hydroxylation is 1. The van der Waals surface area contributed by atoms with Crippen molar-refractivity contribution in [1.29, 1.82) is 0 Å². The normalized spacial score (nSPS) is 10.5. The van der Waals surface area contributed by atoms with Crippen molar-refractivity contribution in [2.24, 2.45) is 0 Å². The van der Waals surface area contributed by atoms with Crippen molar-refractivity contribution >= 4 is 29.1 Å². The van der Waals surface area contributed by atoms with E-state index in [1.807, 2.05) is 50.2 Å². The summed E-state index contributed by atoms with van der Waals surface area (Å²) in [4.78, 5) is 13.2. The van der Waals surface area contributed by atoms with Gasteiger partial charge in [0.25, 0.3) is 0 Å². The second-order valence-electron chi connectivity index (χ2n) is 5.34. The molecule has 0 fully saturated rings. The van der Waals surface area contributed by atoms with Crippen LogP contribution in [0.5, 0.6) is 0 Å². The predicted octanol–water partition coefficient (Wildman–Crippen LogP) is 4.68. The summed E-state index contributed by atoms with van der Waals surface area (Å²) < 4.78 is 0. The van der Waals surface area contributed by atoms with Crippen LogP contribution in [0.15, 0.2) is 48.8 Å². The Morgan fingerprint density at radius 2 is 2.00 bits per heavy atom. The highest BCUT2D eigenvalue weighted by atomic mass is 35.5. The molecule has 2 heterocycles. The number of rotatable bonds is 5. The Kier molecular flexibility index (Phi) is 4.91. The summed E-state index contributed by atoms with van der Waals surface area (Å²) in [5.41, 5.74) is 3.63. The van der Waals surface area contributed by atoms with Gasteiger partial charge in [-0.1, -0.05) is 17.7 Å². The molecule has 0 bridgehead atoms. The van der Waals surface area contributed by atoms with E-state index in [9.17, 15) is 0 Å². The molecule has 0 spiro atoms. The summed E-state index contributed by atoms with van der Waals surface area (Å²) in [5.74, 6) is 1.23. The van der Waals surface area contributed by atoms with Crippen molar-refractivity contribution in [3.05, 3.63) is 59.4 Å². The average molecular weight is 340 g/mol. The Morgan fingerprint density at radius 1 is 1.12 bits per heavy atom. The number of nitrogens with zero attached hydrogens (tertiary/aromatic N) is 3. The molecule has 3 rings (SSSR count). The second kappa shape index (κ2) is 7.27. The van der Waals surface area contributed by atoms with Crippen molar-refractivity contribution in [2.75, 3.05) is 17.2 Å². The van der Waals surface area contributed by atoms with Crippen molar-refractivity contribution < 1.29 is 0 Å². The summed E-state index contributed by atoms with van der Waals surface area (Å²) in [7, 11) is 0. The van der Waals surface area contributed by atoms with Crippen LogP contribution in [-0.4, -0.2) is 21.5 Å². The number of hydrogen-bond acceptors (Lipinski definition) is 5. The Labute approximate surface area is 146 Å². The minimum Gasteiger partial charge on any atom is -0.354 e. The zero-order chi connectivity index (χ0) is 16.9. The fraction of sp³-hybridized carbons (Fsp3) is 0.167. The van der Waals surface area contributed by atoms with Gasteiger partial charge in [-0.2, -0.15) is 4.98 Å². The first-order chi connectivity index (χ1) is 11.7. The molecule has 2 N–H and O–H groups in total. The average Bonchev–Trinajstić information content (AvgIpc) is 2.58. The van der Waals surface area contributed by atoms with Gasteiger partial charge in [-0.05, 0) is 43.7 Å². The number of benzene rings is 1. The van der Waals surface area contributed by atoms with Gasteiger partial charge in [-0.3, -0.25) is 4.98 Å². The van der Waals surface area contributed by atoms with Crippen molar-refractivity contribution in [1.82, 2.24) is 15.0 Å². The number of pyridine rings is 1. The molecule has 0 unspecified atom stereocenters. The molecule has 0 aliphatic heterocycles. The molecule has 3 aromatic rings. The van der Waals surface area contributed by atoms with Crippen molar-refractivity contribution in [3.63, 3.8) is 0 Å². The first-order valence-corrected chi connectivity index (χ1v) is 8.10. The summed E-state index contributed by atoms with van der Waals surface area (Å²) >= 11 is 6.31. The van der Waals surface area contributed by atoms with E-state index < -0.39 is 0 Å². The zero-order valence-corrected chi connectivity index (χ0v) is 14.3. The van der Waals surface area contributed by atoms with Gasteiger partial charge in [0.1, 0.15) is 5.82 Å². The minimum absolute atomic E-state index is 0.560. The van der Waals surface area contributed by atoms with Gasteiger partial charge in [-0.15, -0.1) is 0 Å².